The van der Waals surface area contributed by atoms with Gasteiger partial charge in [0.1, 0.15) is 0 Å². The van der Waals surface area contributed by atoms with Gasteiger partial charge in [-0.1, -0.05) is 12.1 Å². The summed E-state index contributed by atoms with van der Waals surface area (Å²) in [7, 11) is 0. The van der Waals surface area contributed by atoms with Gasteiger partial charge in [-0.3, -0.25) is 19.7 Å². The molecule has 1 aliphatic rings. The van der Waals surface area contributed by atoms with Crippen molar-refractivity contribution < 1.29 is 28.7 Å². The molecule has 1 aliphatic heterocycles. The minimum Gasteiger partial charge on any atom is -0.456 e. The van der Waals surface area contributed by atoms with Crippen molar-refractivity contribution in [3.63, 3.8) is 0 Å². The quantitative estimate of drug-likeness (QED) is 0.442. The van der Waals surface area contributed by atoms with E-state index in [1.54, 1.807) is 18.2 Å². The van der Waals surface area contributed by atoms with Crippen LogP contribution in [0.5, 0.6) is 11.5 Å². The lowest BCUT2D eigenvalue weighted by atomic mass is 10.1. The van der Waals surface area contributed by atoms with Gasteiger partial charge in [-0.2, -0.15) is 0 Å². The zero-order chi connectivity index (χ0) is 20.1. The number of nitrogens with one attached hydrogen (secondary N) is 1. The molecule has 1 heterocycles. The van der Waals surface area contributed by atoms with Gasteiger partial charge in [-0.15, -0.1) is 0 Å². The number of anilines is 1. The summed E-state index contributed by atoms with van der Waals surface area (Å²) in [5, 5.41) is 13.4. The maximum atomic E-state index is 12.0. The lowest BCUT2D eigenvalue weighted by Crippen LogP contribution is -2.21. The van der Waals surface area contributed by atoms with Gasteiger partial charge >= 0.3 is 5.97 Å². The van der Waals surface area contributed by atoms with Gasteiger partial charge in [0, 0.05) is 12.5 Å². The number of hydrogen-bond donors (Lipinski definition) is 1. The van der Waals surface area contributed by atoms with Crippen molar-refractivity contribution in [2.45, 2.75) is 19.8 Å². The highest BCUT2D eigenvalue weighted by molar-refractivity contribution is 5.94. The van der Waals surface area contributed by atoms with Crippen LogP contribution in [0.2, 0.25) is 0 Å². The molecular formula is C19H18N2O7. The molecule has 0 spiro atoms. The summed E-state index contributed by atoms with van der Waals surface area (Å²) in [5.74, 6) is 0.209. The summed E-state index contributed by atoms with van der Waals surface area (Å²) in [4.78, 5) is 34.2. The van der Waals surface area contributed by atoms with E-state index >= 15 is 0 Å². The Morgan fingerprint density at radius 3 is 2.79 bits per heavy atom. The Labute approximate surface area is 160 Å². The minimum atomic E-state index is -0.569. The Balaban J connectivity index is 1.46. The Hall–Kier alpha value is -3.62. The first-order chi connectivity index (χ1) is 13.4. The lowest BCUT2D eigenvalue weighted by Gasteiger charge is -2.09. The van der Waals surface area contributed by atoms with E-state index in [1.165, 1.54) is 19.1 Å². The van der Waals surface area contributed by atoms with Crippen LogP contribution in [0.15, 0.2) is 36.4 Å². The molecule has 0 aliphatic carbocycles. The van der Waals surface area contributed by atoms with Crippen molar-refractivity contribution >= 4 is 23.3 Å². The smallest absolute Gasteiger partial charge is 0.306 e. The number of rotatable bonds is 7. The molecule has 2 aromatic rings. The van der Waals surface area contributed by atoms with Gasteiger partial charge in [-0.05, 0) is 37.1 Å². The van der Waals surface area contributed by atoms with Gasteiger partial charge in [0.25, 0.3) is 11.6 Å². The van der Waals surface area contributed by atoms with Crippen molar-refractivity contribution in [3.8, 4) is 11.5 Å². The molecule has 1 N–H and O–H groups in total. The second-order valence-electron chi connectivity index (χ2n) is 6.10. The molecule has 146 valence electrons. The van der Waals surface area contributed by atoms with E-state index in [1.807, 2.05) is 6.07 Å². The van der Waals surface area contributed by atoms with Crippen LogP contribution in [-0.2, 0) is 20.7 Å². The number of hydrogen-bond acceptors (Lipinski definition) is 7. The highest BCUT2D eigenvalue weighted by Gasteiger charge is 2.16. The molecule has 2 aromatic carbocycles. The normalized spacial score (nSPS) is 11.8. The molecule has 0 bridgehead atoms. The fourth-order valence-electron chi connectivity index (χ4n) is 2.70. The number of esters is 1. The van der Waals surface area contributed by atoms with E-state index in [0.29, 0.717) is 29.2 Å². The Kier molecular flexibility index (Phi) is 5.73. The number of carbonyl (C=O) groups excluding carboxylic acids is 2. The first-order valence-electron chi connectivity index (χ1n) is 8.52. The number of benzene rings is 2. The van der Waals surface area contributed by atoms with Crippen molar-refractivity contribution in [2.75, 3.05) is 18.7 Å². The number of carbonyl (C=O) groups is 2. The number of fused-ring (bicyclic) bond motifs is 1. The summed E-state index contributed by atoms with van der Waals surface area (Å²) in [6.07, 6.45) is 0.532. The second-order valence-corrected chi connectivity index (χ2v) is 6.10. The number of amides is 1. The van der Waals surface area contributed by atoms with Gasteiger partial charge in [0.15, 0.2) is 18.1 Å². The van der Waals surface area contributed by atoms with Crippen molar-refractivity contribution in [3.05, 3.63) is 57.6 Å². The third-order valence-corrected chi connectivity index (χ3v) is 4.20. The fraction of sp³-hybridized carbons (Fsp3) is 0.263. The average Bonchev–Trinajstić information content (AvgIpc) is 3.14. The maximum absolute atomic E-state index is 12.0. The van der Waals surface area contributed by atoms with E-state index in [-0.39, 0.29) is 18.9 Å². The summed E-state index contributed by atoms with van der Waals surface area (Å²) >= 11 is 0. The molecule has 0 atom stereocenters. The minimum absolute atomic E-state index is 0.0986. The molecule has 28 heavy (non-hydrogen) atoms. The molecule has 0 fully saturated rings. The van der Waals surface area contributed by atoms with Crippen molar-refractivity contribution in [1.82, 2.24) is 0 Å². The number of aryl methyl sites for hydroxylation is 1. The van der Waals surface area contributed by atoms with E-state index in [9.17, 15) is 19.7 Å². The summed E-state index contributed by atoms with van der Waals surface area (Å²) < 4.78 is 15.5. The highest BCUT2D eigenvalue weighted by Crippen LogP contribution is 2.32. The predicted molar refractivity (Wildman–Crippen MR) is 98.3 cm³/mol. The maximum Gasteiger partial charge on any atom is 0.306 e. The van der Waals surface area contributed by atoms with Gasteiger partial charge in [-0.25, -0.2) is 0 Å². The first-order valence-corrected chi connectivity index (χ1v) is 8.52. The summed E-state index contributed by atoms with van der Waals surface area (Å²) in [5.41, 5.74) is 1.42. The molecule has 0 radical (unpaired) electrons. The van der Waals surface area contributed by atoms with E-state index < -0.39 is 23.4 Å². The molecule has 3 rings (SSSR count). The lowest BCUT2D eigenvalue weighted by molar-refractivity contribution is -0.385. The second kappa shape index (κ2) is 8.38. The van der Waals surface area contributed by atoms with E-state index in [4.69, 9.17) is 14.2 Å². The average molecular weight is 386 g/mol. The van der Waals surface area contributed by atoms with Crippen LogP contribution < -0.4 is 14.8 Å². The molecule has 9 nitrogen and oxygen atoms in total. The van der Waals surface area contributed by atoms with Crippen molar-refractivity contribution in [1.29, 1.82) is 0 Å². The zero-order valence-electron chi connectivity index (χ0n) is 15.1. The Morgan fingerprint density at radius 2 is 2.00 bits per heavy atom. The van der Waals surface area contributed by atoms with E-state index in [2.05, 4.69) is 5.32 Å². The SMILES string of the molecule is Cc1c(NC(=O)COC(=O)CCc2ccc3c(c2)OCO3)cccc1[N+](=O)[O-]. The molecule has 0 unspecified atom stereocenters. The van der Waals surface area contributed by atoms with Crippen LogP contribution in [0.25, 0.3) is 0 Å². The first kappa shape index (κ1) is 19.2. The van der Waals surface area contributed by atoms with Crippen LogP contribution in [0.3, 0.4) is 0 Å². The monoisotopic (exact) mass is 386 g/mol. The topological polar surface area (TPSA) is 117 Å². The molecule has 9 heteroatoms. The Morgan fingerprint density at radius 1 is 1.21 bits per heavy atom. The summed E-state index contributed by atoms with van der Waals surface area (Å²) in [6, 6.07) is 9.77. The zero-order valence-corrected chi connectivity index (χ0v) is 15.1. The van der Waals surface area contributed by atoms with Gasteiger partial charge in [0.2, 0.25) is 6.79 Å². The largest absolute Gasteiger partial charge is 0.456 e. The standard InChI is InChI=1S/C19H18N2O7/c1-12-14(3-2-4-15(12)21(24)25)20-18(22)10-26-19(23)8-6-13-5-7-16-17(9-13)28-11-27-16/h2-5,7,9H,6,8,10-11H2,1H3,(H,20,22). The van der Waals surface area contributed by atoms with Crippen LogP contribution in [-0.4, -0.2) is 30.2 Å². The number of nitro benzene ring substituents is 1. The van der Waals surface area contributed by atoms with Crippen LogP contribution >= 0.6 is 0 Å². The predicted octanol–water partition coefficient (Wildman–Crippen LogP) is 2.75. The van der Waals surface area contributed by atoms with E-state index in [0.717, 1.165) is 5.56 Å². The number of nitro groups is 1. The molecule has 0 saturated carbocycles. The van der Waals surface area contributed by atoms with Crippen molar-refractivity contribution in [2.24, 2.45) is 0 Å². The highest BCUT2D eigenvalue weighted by atomic mass is 16.7. The van der Waals surface area contributed by atoms with Gasteiger partial charge in [0.05, 0.1) is 16.2 Å². The van der Waals surface area contributed by atoms with Crippen LogP contribution in [0.4, 0.5) is 11.4 Å². The third-order valence-electron chi connectivity index (χ3n) is 4.20. The molecule has 0 saturated heterocycles. The Bertz CT molecular complexity index is 926. The van der Waals surface area contributed by atoms with Gasteiger partial charge < -0.3 is 19.5 Å². The molecular weight excluding hydrogens is 368 g/mol. The summed E-state index contributed by atoms with van der Waals surface area (Å²) in [6.45, 7) is 1.24. The molecule has 0 aromatic heterocycles. The van der Waals surface area contributed by atoms with Crippen LogP contribution in [0.1, 0.15) is 17.5 Å². The van der Waals surface area contributed by atoms with Crippen LogP contribution in [0, 0.1) is 17.0 Å². The fourth-order valence-corrected chi connectivity index (χ4v) is 2.70. The third kappa shape index (κ3) is 4.56. The number of ether oxygens (including phenoxy) is 3. The number of nitrogens with zero attached hydrogens (tertiary/aromatic N) is 1. The molecule has 1 amide bonds.